The van der Waals surface area contributed by atoms with E-state index in [1.165, 1.54) is 4.90 Å². The maximum Gasteiger partial charge on any atom is 0.263 e. The van der Waals surface area contributed by atoms with E-state index in [-0.39, 0.29) is 18.4 Å². The number of nitrogens with two attached hydrogens (primary N) is 1. The van der Waals surface area contributed by atoms with Gasteiger partial charge in [-0.3, -0.25) is 10.2 Å². The monoisotopic (exact) mass is 128 g/mol. The third-order valence-corrected chi connectivity index (χ3v) is 1.23. The lowest BCUT2D eigenvalue weighted by Gasteiger charge is -2.09. The van der Waals surface area contributed by atoms with Crippen LogP contribution in [0.1, 0.15) is 0 Å². The molecule has 1 fully saturated rings. The number of nitrogens with one attached hydrogen (secondary N) is 1. The third kappa shape index (κ3) is 0.746. The van der Waals surface area contributed by atoms with E-state index in [4.69, 9.17) is 11.3 Å². The molecular weight excluding hydrogens is 120 g/mol. The quantitative estimate of drug-likeness (QED) is 0.310. The number of guanidine groups is 1. The van der Waals surface area contributed by atoms with Crippen molar-refractivity contribution in [2.75, 3.05) is 13.6 Å². The van der Waals surface area contributed by atoms with Gasteiger partial charge in [0.15, 0.2) is 0 Å². The Morgan fingerprint density at radius 3 is 2.44 bits per heavy atom. The fraction of sp³-hybridized carbons (Fsp3) is 0.500. The van der Waals surface area contributed by atoms with Crippen LogP contribution in [-0.4, -0.2) is 35.4 Å². The molecule has 0 saturated carbocycles. The average Bonchev–Trinajstić information content (AvgIpc) is 1.98. The molecule has 5 nitrogen and oxygen atoms in total. The summed E-state index contributed by atoms with van der Waals surface area (Å²) in [6.45, 7) is 0.218. The highest BCUT2D eigenvalue weighted by Gasteiger charge is 2.27. The minimum Gasteiger partial charge on any atom is -0.335 e. The molecule has 1 heterocycles. The van der Waals surface area contributed by atoms with Crippen molar-refractivity contribution in [3.8, 4) is 0 Å². The number of carbonyl (C=O) groups excluding carboxylic acids is 1. The molecule has 0 atom stereocenters. The first-order valence-electron chi connectivity index (χ1n) is 2.50. The van der Waals surface area contributed by atoms with Gasteiger partial charge in [0.25, 0.3) is 5.91 Å². The van der Waals surface area contributed by atoms with E-state index in [1.807, 2.05) is 0 Å². The highest BCUT2D eigenvalue weighted by Crippen LogP contribution is 1.99. The van der Waals surface area contributed by atoms with Crippen molar-refractivity contribution in [1.82, 2.24) is 9.91 Å². The summed E-state index contributed by atoms with van der Waals surface area (Å²) >= 11 is 0. The van der Waals surface area contributed by atoms with Crippen LogP contribution in [-0.2, 0) is 4.79 Å². The maximum atomic E-state index is 10.6. The van der Waals surface area contributed by atoms with Gasteiger partial charge in [-0.05, 0) is 0 Å². The Hall–Kier alpha value is -1.10. The molecule has 1 aliphatic heterocycles. The van der Waals surface area contributed by atoms with Crippen LogP contribution in [0.2, 0.25) is 0 Å². The Labute approximate surface area is 52.5 Å². The molecule has 0 aliphatic carbocycles. The number of rotatable bonds is 0. The third-order valence-electron chi connectivity index (χ3n) is 1.23. The zero-order valence-electron chi connectivity index (χ0n) is 5.09. The van der Waals surface area contributed by atoms with Gasteiger partial charge < -0.3 is 4.90 Å². The number of nitrogens with zero attached hydrogens (tertiary/aromatic N) is 2. The summed E-state index contributed by atoms with van der Waals surface area (Å²) in [4.78, 5) is 12.1. The van der Waals surface area contributed by atoms with Gasteiger partial charge in [0, 0.05) is 7.05 Å². The van der Waals surface area contributed by atoms with Crippen molar-refractivity contribution in [2.24, 2.45) is 5.84 Å². The Kier molecular flexibility index (Phi) is 1.14. The number of hydrazine groups is 1. The normalized spacial score (nSPS) is 19.8. The van der Waals surface area contributed by atoms with E-state index in [1.54, 1.807) is 7.05 Å². The van der Waals surface area contributed by atoms with Crippen molar-refractivity contribution in [3.63, 3.8) is 0 Å². The van der Waals surface area contributed by atoms with E-state index in [2.05, 4.69) is 0 Å². The highest BCUT2D eigenvalue weighted by molar-refractivity contribution is 6.02. The second kappa shape index (κ2) is 1.70. The molecular formula is C4H8N4O. The van der Waals surface area contributed by atoms with Crippen molar-refractivity contribution >= 4 is 11.9 Å². The number of hydrogen-bond donors (Lipinski definition) is 2. The first-order valence-corrected chi connectivity index (χ1v) is 2.50. The van der Waals surface area contributed by atoms with Gasteiger partial charge in [0.05, 0.1) is 0 Å². The van der Waals surface area contributed by atoms with Crippen LogP contribution in [0.3, 0.4) is 0 Å². The van der Waals surface area contributed by atoms with Crippen LogP contribution in [0.15, 0.2) is 0 Å². The molecule has 1 saturated heterocycles. The van der Waals surface area contributed by atoms with Gasteiger partial charge in [-0.2, -0.15) is 0 Å². The molecule has 1 rings (SSSR count). The van der Waals surface area contributed by atoms with Gasteiger partial charge in [-0.1, -0.05) is 0 Å². The summed E-state index contributed by atoms with van der Waals surface area (Å²) in [6, 6.07) is 0. The minimum absolute atomic E-state index is 0.0556. The zero-order chi connectivity index (χ0) is 7.02. The molecule has 0 unspecified atom stereocenters. The van der Waals surface area contributed by atoms with Crippen LogP contribution >= 0.6 is 0 Å². The topological polar surface area (TPSA) is 73.4 Å². The summed E-state index contributed by atoms with van der Waals surface area (Å²) in [5.74, 6) is 4.95. The van der Waals surface area contributed by atoms with Gasteiger partial charge in [-0.25, -0.2) is 10.9 Å². The minimum atomic E-state index is -0.234. The van der Waals surface area contributed by atoms with E-state index in [9.17, 15) is 4.79 Å². The lowest BCUT2D eigenvalue weighted by atomic mass is 10.6. The Balaban J connectivity index is 2.77. The molecule has 9 heavy (non-hydrogen) atoms. The van der Waals surface area contributed by atoms with Gasteiger partial charge in [0.2, 0.25) is 5.96 Å². The summed E-state index contributed by atoms with van der Waals surface area (Å²) in [5.41, 5.74) is 0. The summed E-state index contributed by atoms with van der Waals surface area (Å²) in [7, 11) is 1.65. The number of likely N-dealkylation sites (N-methyl/N-ethyl adjacent to an activating group) is 1. The first kappa shape index (κ1) is 6.03. The van der Waals surface area contributed by atoms with Crippen LogP contribution in [0.25, 0.3) is 0 Å². The summed E-state index contributed by atoms with van der Waals surface area (Å²) in [5, 5.41) is 7.93. The van der Waals surface area contributed by atoms with E-state index in [0.717, 1.165) is 5.01 Å². The van der Waals surface area contributed by atoms with Crippen molar-refractivity contribution < 1.29 is 4.79 Å². The molecule has 0 aromatic heterocycles. The predicted molar refractivity (Wildman–Crippen MR) is 31.4 cm³/mol. The Morgan fingerprint density at radius 1 is 1.78 bits per heavy atom. The molecule has 0 aromatic rings. The predicted octanol–water partition coefficient (Wildman–Crippen LogP) is -1.43. The van der Waals surface area contributed by atoms with Crippen molar-refractivity contribution in [3.05, 3.63) is 0 Å². The van der Waals surface area contributed by atoms with Crippen LogP contribution in [0.5, 0.6) is 0 Å². The molecule has 1 amide bonds. The van der Waals surface area contributed by atoms with Crippen molar-refractivity contribution in [1.29, 1.82) is 5.41 Å². The molecule has 0 aromatic carbocycles. The summed E-state index contributed by atoms with van der Waals surface area (Å²) in [6.07, 6.45) is 0. The standard InChI is InChI=1S/C4H8N4O/c1-7-2-3(9)8(6)4(7)5/h5H,2,6H2,1H3. The molecule has 0 bridgehead atoms. The zero-order valence-corrected chi connectivity index (χ0v) is 5.09. The fourth-order valence-electron chi connectivity index (χ4n) is 0.656. The summed E-state index contributed by atoms with van der Waals surface area (Å²) < 4.78 is 0. The van der Waals surface area contributed by atoms with Gasteiger partial charge in [0.1, 0.15) is 6.54 Å². The SMILES string of the molecule is CN1CC(=O)N(N)C1=N. The number of carbonyl (C=O) groups is 1. The van der Waals surface area contributed by atoms with Crippen LogP contribution in [0.4, 0.5) is 0 Å². The van der Waals surface area contributed by atoms with E-state index >= 15 is 0 Å². The lowest BCUT2D eigenvalue weighted by Crippen LogP contribution is -2.38. The van der Waals surface area contributed by atoms with Crippen molar-refractivity contribution in [2.45, 2.75) is 0 Å². The molecule has 0 spiro atoms. The molecule has 3 N–H and O–H groups in total. The lowest BCUT2D eigenvalue weighted by molar-refractivity contribution is -0.125. The second-order valence-electron chi connectivity index (χ2n) is 1.94. The highest BCUT2D eigenvalue weighted by atomic mass is 16.2. The van der Waals surface area contributed by atoms with Gasteiger partial charge in [-0.15, -0.1) is 0 Å². The smallest absolute Gasteiger partial charge is 0.263 e. The first-order chi connectivity index (χ1) is 4.13. The second-order valence-corrected chi connectivity index (χ2v) is 1.94. The number of hydrogen-bond acceptors (Lipinski definition) is 3. The Morgan fingerprint density at radius 2 is 2.33 bits per heavy atom. The fourth-order valence-corrected chi connectivity index (χ4v) is 0.656. The molecule has 5 heteroatoms. The molecule has 50 valence electrons. The largest absolute Gasteiger partial charge is 0.335 e. The van der Waals surface area contributed by atoms with E-state index in [0.29, 0.717) is 0 Å². The molecule has 0 radical (unpaired) electrons. The maximum absolute atomic E-state index is 10.6. The van der Waals surface area contributed by atoms with Crippen LogP contribution < -0.4 is 5.84 Å². The molecule has 1 aliphatic rings. The van der Waals surface area contributed by atoms with E-state index < -0.39 is 0 Å². The van der Waals surface area contributed by atoms with Crippen LogP contribution in [0, 0.1) is 5.41 Å². The number of amides is 1. The Bertz CT molecular complexity index is 166. The average molecular weight is 128 g/mol. The van der Waals surface area contributed by atoms with Gasteiger partial charge >= 0.3 is 0 Å².